The number of carbonyl (C=O) groups excluding carboxylic acids is 1. The lowest BCUT2D eigenvalue weighted by Crippen LogP contribution is -2.41. The summed E-state index contributed by atoms with van der Waals surface area (Å²) in [7, 11) is 0. The third-order valence-electron chi connectivity index (χ3n) is 4.35. The van der Waals surface area contributed by atoms with Gasteiger partial charge in [-0.25, -0.2) is 0 Å². The summed E-state index contributed by atoms with van der Waals surface area (Å²) >= 11 is 0. The molecule has 1 aliphatic rings. The number of nitrogens with zero attached hydrogens (tertiary/aromatic N) is 1. The van der Waals surface area contributed by atoms with E-state index in [1.165, 1.54) is 12.8 Å². The van der Waals surface area contributed by atoms with Gasteiger partial charge >= 0.3 is 5.97 Å². The molecular weight excluding hydrogens is 282 g/mol. The van der Waals surface area contributed by atoms with Crippen LogP contribution in [0.1, 0.15) is 58.8 Å². The Labute approximate surface area is 134 Å². The highest BCUT2D eigenvalue weighted by molar-refractivity contribution is 5.79. The lowest BCUT2D eigenvalue weighted by Gasteiger charge is -2.28. The van der Waals surface area contributed by atoms with Crippen molar-refractivity contribution in [1.82, 2.24) is 4.90 Å². The summed E-state index contributed by atoms with van der Waals surface area (Å²) in [4.78, 5) is 25.6. The third kappa shape index (κ3) is 6.77. The summed E-state index contributed by atoms with van der Waals surface area (Å²) in [6, 6.07) is 0. The van der Waals surface area contributed by atoms with Crippen LogP contribution in [0, 0.1) is 11.8 Å². The van der Waals surface area contributed by atoms with Crippen molar-refractivity contribution in [3.63, 3.8) is 0 Å². The molecule has 1 N–H and O–H groups in total. The molecule has 1 atom stereocenters. The van der Waals surface area contributed by atoms with Crippen molar-refractivity contribution < 1.29 is 19.4 Å². The molecule has 5 nitrogen and oxygen atoms in total. The number of hydrogen-bond donors (Lipinski definition) is 1. The lowest BCUT2D eigenvalue weighted by molar-refractivity contribution is -0.144. The van der Waals surface area contributed by atoms with Crippen LogP contribution in [0.15, 0.2) is 0 Å². The summed E-state index contributed by atoms with van der Waals surface area (Å²) in [5.41, 5.74) is 0. The Hall–Kier alpha value is -1.10. The van der Waals surface area contributed by atoms with Gasteiger partial charge in [-0.05, 0) is 26.2 Å². The average Bonchev–Trinajstić information content (AvgIpc) is 2.78. The molecule has 1 amide bonds. The number of ether oxygens (including phenoxy) is 1. The van der Waals surface area contributed by atoms with Crippen molar-refractivity contribution in [3.05, 3.63) is 0 Å². The number of amides is 1. The van der Waals surface area contributed by atoms with Gasteiger partial charge < -0.3 is 14.7 Å². The first-order valence-corrected chi connectivity index (χ1v) is 8.65. The Bertz CT molecular complexity index is 338. The molecule has 0 spiro atoms. The molecular formula is C17H31NO4. The zero-order valence-corrected chi connectivity index (χ0v) is 14.1. The molecule has 1 rings (SSSR count). The maximum atomic E-state index is 12.8. The predicted octanol–water partition coefficient (Wildman–Crippen LogP) is 2.93. The summed E-state index contributed by atoms with van der Waals surface area (Å²) < 4.78 is 5.33. The molecule has 0 radical (unpaired) electrons. The Morgan fingerprint density at radius 1 is 1.23 bits per heavy atom. The molecule has 0 saturated heterocycles. The SMILES string of the molecule is CCOCCCN(CC(C)C(=O)O)C(=O)C1CCCCCC1. The fourth-order valence-electron chi connectivity index (χ4n) is 2.99. The molecule has 0 heterocycles. The summed E-state index contributed by atoms with van der Waals surface area (Å²) in [6.45, 7) is 5.79. The minimum Gasteiger partial charge on any atom is -0.481 e. The predicted molar refractivity (Wildman–Crippen MR) is 85.7 cm³/mol. The van der Waals surface area contributed by atoms with Crippen LogP contribution in [0.25, 0.3) is 0 Å². The van der Waals surface area contributed by atoms with Gasteiger partial charge in [0, 0.05) is 32.2 Å². The second kappa shape index (κ2) is 10.6. The van der Waals surface area contributed by atoms with Crippen molar-refractivity contribution in [2.24, 2.45) is 11.8 Å². The zero-order chi connectivity index (χ0) is 16.4. The van der Waals surface area contributed by atoms with Crippen LogP contribution in [0.5, 0.6) is 0 Å². The molecule has 128 valence electrons. The van der Waals surface area contributed by atoms with Gasteiger partial charge in [0.2, 0.25) is 5.91 Å². The first kappa shape index (κ1) is 18.9. The first-order chi connectivity index (χ1) is 10.6. The fraction of sp³-hybridized carbons (Fsp3) is 0.882. The van der Waals surface area contributed by atoms with E-state index < -0.39 is 11.9 Å². The number of carboxylic acid groups (broad SMARTS) is 1. The molecule has 1 aliphatic carbocycles. The lowest BCUT2D eigenvalue weighted by atomic mass is 9.98. The van der Waals surface area contributed by atoms with Crippen molar-refractivity contribution in [2.75, 3.05) is 26.3 Å². The van der Waals surface area contributed by atoms with Crippen LogP contribution in [0.4, 0.5) is 0 Å². The van der Waals surface area contributed by atoms with E-state index in [9.17, 15) is 9.59 Å². The van der Waals surface area contributed by atoms with Crippen LogP contribution < -0.4 is 0 Å². The van der Waals surface area contributed by atoms with E-state index >= 15 is 0 Å². The highest BCUT2D eigenvalue weighted by atomic mass is 16.5. The van der Waals surface area contributed by atoms with Gasteiger partial charge in [0.1, 0.15) is 0 Å². The van der Waals surface area contributed by atoms with E-state index in [2.05, 4.69) is 0 Å². The van der Waals surface area contributed by atoms with E-state index in [1.54, 1.807) is 11.8 Å². The third-order valence-corrected chi connectivity index (χ3v) is 4.35. The van der Waals surface area contributed by atoms with E-state index in [0.29, 0.717) is 26.3 Å². The summed E-state index contributed by atoms with van der Waals surface area (Å²) in [5.74, 6) is -1.15. The van der Waals surface area contributed by atoms with Gasteiger partial charge in [0.25, 0.3) is 0 Å². The summed E-state index contributed by atoms with van der Waals surface area (Å²) in [5, 5.41) is 9.11. The maximum Gasteiger partial charge on any atom is 0.308 e. The second-order valence-corrected chi connectivity index (χ2v) is 6.26. The average molecular weight is 313 g/mol. The number of hydrogen-bond acceptors (Lipinski definition) is 3. The first-order valence-electron chi connectivity index (χ1n) is 8.65. The largest absolute Gasteiger partial charge is 0.481 e. The molecule has 5 heteroatoms. The molecule has 1 saturated carbocycles. The molecule has 0 aliphatic heterocycles. The Morgan fingerprint density at radius 3 is 2.41 bits per heavy atom. The minimum absolute atomic E-state index is 0.0792. The van der Waals surface area contributed by atoms with Crippen molar-refractivity contribution >= 4 is 11.9 Å². The normalized spacial score (nSPS) is 17.7. The van der Waals surface area contributed by atoms with Gasteiger partial charge in [-0.1, -0.05) is 32.6 Å². The number of carbonyl (C=O) groups is 2. The van der Waals surface area contributed by atoms with E-state index in [4.69, 9.17) is 9.84 Å². The van der Waals surface area contributed by atoms with Gasteiger partial charge in [-0.2, -0.15) is 0 Å². The quantitative estimate of drug-likeness (QED) is 0.525. The monoisotopic (exact) mass is 313 g/mol. The van der Waals surface area contributed by atoms with E-state index in [1.807, 2.05) is 6.92 Å². The van der Waals surface area contributed by atoms with Crippen molar-refractivity contribution in [2.45, 2.75) is 58.8 Å². The Balaban J connectivity index is 2.60. The number of aliphatic carboxylic acids is 1. The Kier molecular flexibility index (Phi) is 9.13. The molecule has 0 aromatic heterocycles. The van der Waals surface area contributed by atoms with Crippen LogP contribution in [-0.2, 0) is 14.3 Å². The molecule has 0 aromatic rings. The van der Waals surface area contributed by atoms with Crippen LogP contribution in [0.2, 0.25) is 0 Å². The van der Waals surface area contributed by atoms with Crippen LogP contribution in [-0.4, -0.2) is 48.2 Å². The molecule has 1 unspecified atom stereocenters. The molecule has 0 aromatic carbocycles. The zero-order valence-electron chi connectivity index (χ0n) is 14.1. The second-order valence-electron chi connectivity index (χ2n) is 6.26. The highest BCUT2D eigenvalue weighted by Gasteiger charge is 2.27. The van der Waals surface area contributed by atoms with Gasteiger partial charge in [0.05, 0.1) is 5.92 Å². The maximum absolute atomic E-state index is 12.8. The van der Waals surface area contributed by atoms with Gasteiger partial charge in [-0.3, -0.25) is 9.59 Å². The van der Waals surface area contributed by atoms with Crippen LogP contribution >= 0.6 is 0 Å². The minimum atomic E-state index is -0.844. The fourth-order valence-corrected chi connectivity index (χ4v) is 2.99. The smallest absolute Gasteiger partial charge is 0.308 e. The number of rotatable bonds is 9. The van der Waals surface area contributed by atoms with Crippen LogP contribution in [0.3, 0.4) is 0 Å². The van der Waals surface area contributed by atoms with E-state index in [0.717, 1.165) is 32.1 Å². The number of carboxylic acids is 1. The molecule has 1 fully saturated rings. The standard InChI is InChI=1S/C17H31NO4/c1-3-22-12-8-11-18(13-14(2)17(20)21)16(19)15-9-6-4-5-7-10-15/h14-15H,3-13H2,1-2H3,(H,20,21). The Morgan fingerprint density at radius 2 is 1.86 bits per heavy atom. The highest BCUT2D eigenvalue weighted by Crippen LogP contribution is 2.25. The van der Waals surface area contributed by atoms with Crippen molar-refractivity contribution in [1.29, 1.82) is 0 Å². The van der Waals surface area contributed by atoms with Crippen molar-refractivity contribution in [3.8, 4) is 0 Å². The van der Waals surface area contributed by atoms with Gasteiger partial charge in [-0.15, -0.1) is 0 Å². The summed E-state index contributed by atoms with van der Waals surface area (Å²) in [6.07, 6.45) is 7.29. The van der Waals surface area contributed by atoms with E-state index in [-0.39, 0.29) is 11.8 Å². The van der Waals surface area contributed by atoms with Gasteiger partial charge in [0.15, 0.2) is 0 Å². The molecule has 0 bridgehead atoms. The molecule has 22 heavy (non-hydrogen) atoms. The topological polar surface area (TPSA) is 66.8 Å².